The Kier molecular flexibility index (Phi) is 9.18. The maximum absolute atomic E-state index is 14.6. The van der Waals surface area contributed by atoms with E-state index in [-0.39, 0.29) is 45.2 Å². The normalized spacial score (nSPS) is 16.5. The van der Waals surface area contributed by atoms with Crippen LogP contribution in [-0.4, -0.2) is 115 Å². The van der Waals surface area contributed by atoms with Gasteiger partial charge < -0.3 is 33.6 Å². The predicted octanol–water partition coefficient (Wildman–Crippen LogP) is 3.04. The van der Waals surface area contributed by atoms with Crippen LogP contribution in [-0.2, 0) is 16.6 Å². The number of nitrogens with one attached hydrogen (secondary N) is 1. The maximum atomic E-state index is 14.6. The molecule has 1 aromatic heterocycles. The van der Waals surface area contributed by atoms with E-state index in [1.165, 1.54) is 49.2 Å². The Morgan fingerprint density at radius 1 is 1.05 bits per heavy atom. The number of likely N-dealkylation sites (N-methyl/N-ethyl adjacent to an activating group) is 1. The third-order valence-corrected chi connectivity index (χ3v) is 8.49. The molecule has 234 valence electrons. The molecule has 14 heteroatoms. The van der Waals surface area contributed by atoms with Crippen molar-refractivity contribution >= 4 is 35.0 Å². The van der Waals surface area contributed by atoms with Crippen LogP contribution in [0.15, 0.2) is 36.5 Å². The molecule has 3 heterocycles. The zero-order chi connectivity index (χ0) is 31.6. The highest BCUT2D eigenvalue weighted by Gasteiger charge is 2.33. The minimum absolute atomic E-state index is 0.0519. The van der Waals surface area contributed by atoms with Crippen LogP contribution >= 0.6 is 11.6 Å². The van der Waals surface area contributed by atoms with Gasteiger partial charge in [0.1, 0.15) is 13.1 Å². The van der Waals surface area contributed by atoms with Crippen molar-refractivity contribution in [1.29, 1.82) is 0 Å². The summed E-state index contributed by atoms with van der Waals surface area (Å²) in [7, 11) is 4.80. The van der Waals surface area contributed by atoms with E-state index in [2.05, 4.69) is 17.3 Å². The lowest BCUT2D eigenvalue weighted by molar-refractivity contribution is -0.909. The third kappa shape index (κ3) is 6.40. The quantitative estimate of drug-likeness (QED) is 0.402. The SMILES string of the molecule is COc1ccc(-c2cnc(C(=O)Nc3ccc(C(=O)N4CCN(C(=O)C[N+]5(C)CCOCC5)CC4)c(Cl)c3)n2C)c(F)c1F. The molecule has 2 fully saturated rings. The summed E-state index contributed by atoms with van der Waals surface area (Å²) in [6.07, 6.45) is 1.27. The zero-order valence-electron chi connectivity index (χ0n) is 24.7. The molecule has 1 N–H and O–H groups in total. The minimum Gasteiger partial charge on any atom is -0.494 e. The first kappa shape index (κ1) is 31.4. The van der Waals surface area contributed by atoms with Gasteiger partial charge in [0.05, 0.1) is 49.8 Å². The molecular weight excluding hydrogens is 598 g/mol. The van der Waals surface area contributed by atoms with Gasteiger partial charge in [0.25, 0.3) is 17.7 Å². The largest absolute Gasteiger partial charge is 0.494 e. The highest BCUT2D eigenvalue weighted by atomic mass is 35.5. The van der Waals surface area contributed by atoms with Crippen LogP contribution in [0.5, 0.6) is 5.75 Å². The highest BCUT2D eigenvalue weighted by Crippen LogP contribution is 2.30. The minimum atomic E-state index is -1.14. The number of benzene rings is 2. The van der Waals surface area contributed by atoms with Crippen molar-refractivity contribution in [3.05, 3.63) is 64.6 Å². The summed E-state index contributed by atoms with van der Waals surface area (Å²) < 4.78 is 41.1. The lowest BCUT2D eigenvalue weighted by atomic mass is 10.1. The van der Waals surface area contributed by atoms with E-state index in [0.29, 0.717) is 56.1 Å². The number of carbonyl (C=O) groups excluding carboxylic acids is 3. The van der Waals surface area contributed by atoms with Crippen LogP contribution in [0.3, 0.4) is 0 Å². The van der Waals surface area contributed by atoms with E-state index in [4.69, 9.17) is 21.1 Å². The smallest absolute Gasteiger partial charge is 0.291 e. The molecule has 3 amide bonds. The first-order chi connectivity index (χ1) is 21.0. The summed E-state index contributed by atoms with van der Waals surface area (Å²) in [5, 5.41) is 2.82. The predicted molar refractivity (Wildman–Crippen MR) is 159 cm³/mol. The lowest BCUT2D eigenvalue weighted by Gasteiger charge is -2.40. The fourth-order valence-electron chi connectivity index (χ4n) is 5.41. The van der Waals surface area contributed by atoms with Crippen molar-refractivity contribution < 1.29 is 37.1 Å². The first-order valence-electron chi connectivity index (χ1n) is 14.1. The Hall–Kier alpha value is -4.07. The third-order valence-electron chi connectivity index (χ3n) is 8.18. The van der Waals surface area contributed by atoms with E-state index in [0.717, 1.165) is 13.1 Å². The highest BCUT2D eigenvalue weighted by molar-refractivity contribution is 6.34. The molecular formula is C30H34ClF2N6O5+. The number of imidazole rings is 1. The summed E-state index contributed by atoms with van der Waals surface area (Å²) in [5.74, 6) is -3.37. The van der Waals surface area contributed by atoms with Gasteiger partial charge in [-0.15, -0.1) is 0 Å². The van der Waals surface area contributed by atoms with E-state index in [1.54, 1.807) is 15.9 Å². The van der Waals surface area contributed by atoms with Crippen molar-refractivity contribution in [1.82, 2.24) is 19.4 Å². The molecule has 2 aromatic carbocycles. The van der Waals surface area contributed by atoms with Crippen molar-refractivity contribution in [2.45, 2.75) is 0 Å². The number of hydrogen-bond acceptors (Lipinski definition) is 6. The number of piperazine rings is 1. The Morgan fingerprint density at radius 2 is 1.73 bits per heavy atom. The van der Waals surface area contributed by atoms with Crippen LogP contribution < -0.4 is 10.1 Å². The van der Waals surface area contributed by atoms with Gasteiger partial charge in [0.15, 0.2) is 23.9 Å². The fourth-order valence-corrected chi connectivity index (χ4v) is 5.67. The number of halogens is 3. The Balaban J connectivity index is 1.20. The van der Waals surface area contributed by atoms with Gasteiger partial charge in [0.2, 0.25) is 5.82 Å². The average Bonchev–Trinajstić information content (AvgIpc) is 3.39. The molecule has 3 aromatic rings. The number of nitrogens with zero attached hydrogens (tertiary/aromatic N) is 5. The van der Waals surface area contributed by atoms with Crippen LogP contribution in [0.25, 0.3) is 11.3 Å². The molecule has 11 nitrogen and oxygen atoms in total. The maximum Gasteiger partial charge on any atom is 0.291 e. The molecule has 2 saturated heterocycles. The molecule has 0 atom stereocenters. The van der Waals surface area contributed by atoms with E-state index >= 15 is 0 Å². The van der Waals surface area contributed by atoms with Crippen LogP contribution in [0, 0.1) is 11.6 Å². The van der Waals surface area contributed by atoms with Gasteiger partial charge in [-0.3, -0.25) is 14.4 Å². The van der Waals surface area contributed by atoms with E-state index in [9.17, 15) is 23.2 Å². The molecule has 0 saturated carbocycles. The van der Waals surface area contributed by atoms with E-state index in [1.807, 2.05) is 0 Å². The monoisotopic (exact) mass is 631 g/mol. The second-order valence-electron chi connectivity index (χ2n) is 11.1. The summed E-state index contributed by atoms with van der Waals surface area (Å²) in [5.41, 5.74) is 0.693. The number of ether oxygens (including phenoxy) is 2. The summed E-state index contributed by atoms with van der Waals surface area (Å²) in [6, 6.07) is 7.17. The van der Waals surface area contributed by atoms with Gasteiger partial charge >= 0.3 is 0 Å². The fraction of sp³-hybridized carbons (Fsp3) is 0.400. The van der Waals surface area contributed by atoms with Crippen molar-refractivity contribution in [3.8, 4) is 17.0 Å². The second-order valence-corrected chi connectivity index (χ2v) is 11.5. The standard InChI is InChI=1S/C30H33ClF2N6O5/c1-36-23(21-6-7-24(43-3)27(33)26(21)32)17-34-28(36)29(41)35-19-4-5-20(22(31)16-19)30(42)38-10-8-37(9-11-38)25(40)18-39(2)12-14-44-15-13-39/h4-7,16-17H,8-15,18H2,1-3H3/p+1. The van der Waals surface area contributed by atoms with Crippen molar-refractivity contribution in [2.75, 3.05) is 78.5 Å². The molecule has 0 spiro atoms. The summed E-state index contributed by atoms with van der Waals surface area (Å²) >= 11 is 6.46. The topological polar surface area (TPSA) is 106 Å². The second kappa shape index (κ2) is 12.9. The number of rotatable bonds is 7. The summed E-state index contributed by atoms with van der Waals surface area (Å²) in [4.78, 5) is 46.7. The van der Waals surface area contributed by atoms with Crippen LogP contribution in [0.1, 0.15) is 21.0 Å². The Bertz CT molecular complexity index is 1580. The number of hydrogen-bond donors (Lipinski definition) is 1. The van der Waals surface area contributed by atoms with Gasteiger partial charge in [-0.1, -0.05) is 11.6 Å². The van der Waals surface area contributed by atoms with Crippen LogP contribution in [0.4, 0.5) is 14.5 Å². The van der Waals surface area contributed by atoms with Gasteiger partial charge in [-0.2, -0.15) is 4.39 Å². The number of methoxy groups -OCH3 is 1. The molecule has 0 aliphatic carbocycles. The Morgan fingerprint density at radius 3 is 2.39 bits per heavy atom. The van der Waals surface area contributed by atoms with Gasteiger partial charge in [-0.05, 0) is 30.3 Å². The number of carbonyl (C=O) groups is 3. The molecule has 0 unspecified atom stereocenters. The average molecular weight is 632 g/mol. The molecule has 44 heavy (non-hydrogen) atoms. The first-order valence-corrected chi connectivity index (χ1v) is 14.5. The van der Waals surface area contributed by atoms with Crippen molar-refractivity contribution in [2.24, 2.45) is 7.05 Å². The number of aromatic nitrogens is 2. The number of quaternary nitrogens is 1. The molecule has 2 aliphatic rings. The molecule has 5 rings (SSSR count). The number of morpholine rings is 1. The number of anilines is 1. The van der Waals surface area contributed by atoms with E-state index < -0.39 is 17.5 Å². The lowest BCUT2D eigenvalue weighted by Crippen LogP contribution is -2.59. The number of amides is 3. The van der Waals surface area contributed by atoms with Gasteiger partial charge in [-0.25, -0.2) is 9.37 Å². The molecule has 0 radical (unpaired) electrons. The molecule has 0 bridgehead atoms. The van der Waals surface area contributed by atoms with Crippen molar-refractivity contribution in [3.63, 3.8) is 0 Å². The summed E-state index contributed by atoms with van der Waals surface area (Å²) in [6.45, 7) is 4.93. The zero-order valence-corrected chi connectivity index (χ0v) is 25.5. The van der Waals surface area contributed by atoms with Gasteiger partial charge in [0, 0.05) is 44.5 Å². The Labute approximate surface area is 258 Å². The molecule has 2 aliphatic heterocycles. The van der Waals surface area contributed by atoms with Crippen LogP contribution in [0.2, 0.25) is 5.02 Å².